The Morgan fingerprint density at radius 1 is 1.26 bits per heavy atom. The van der Waals surface area contributed by atoms with Gasteiger partial charge >= 0.3 is 0 Å². The van der Waals surface area contributed by atoms with Gasteiger partial charge in [0.2, 0.25) is 5.91 Å². The number of likely N-dealkylation sites (N-methyl/N-ethyl adjacent to an activating group) is 1. The summed E-state index contributed by atoms with van der Waals surface area (Å²) >= 11 is 0. The first-order chi connectivity index (χ1) is 14.6. The van der Waals surface area contributed by atoms with Crippen LogP contribution in [0, 0.1) is 11.3 Å². The molecule has 0 saturated heterocycles. The van der Waals surface area contributed by atoms with Gasteiger partial charge < -0.3 is 4.90 Å². The first-order valence-corrected chi connectivity index (χ1v) is 10.6. The first kappa shape index (κ1) is 22.7. The van der Waals surface area contributed by atoms with Crippen molar-refractivity contribution in [3.63, 3.8) is 0 Å². The van der Waals surface area contributed by atoms with Gasteiger partial charge in [-0.25, -0.2) is 0 Å². The molecule has 0 aromatic heterocycles. The zero-order valence-corrected chi connectivity index (χ0v) is 19.1. The van der Waals surface area contributed by atoms with Crippen molar-refractivity contribution in [3.05, 3.63) is 66.3 Å². The summed E-state index contributed by atoms with van der Waals surface area (Å²) in [6, 6.07) is 7.57. The highest BCUT2D eigenvalue weighted by Gasteiger charge is 2.40. The number of anilines is 1. The van der Waals surface area contributed by atoms with Gasteiger partial charge in [0.25, 0.3) is 0 Å². The Balaban J connectivity index is 2.11. The van der Waals surface area contributed by atoms with Crippen molar-refractivity contribution in [2.45, 2.75) is 46.2 Å². The predicted octanol–water partition coefficient (Wildman–Crippen LogP) is 5.07. The van der Waals surface area contributed by atoms with E-state index in [0.29, 0.717) is 13.0 Å². The number of rotatable bonds is 6. The summed E-state index contributed by atoms with van der Waals surface area (Å²) in [5.41, 5.74) is 3.11. The summed E-state index contributed by atoms with van der Waals surface area (Å²) in [6.45, 7) is 15.6. The number of carbonyl (C=O) groups is 2. The predicted molar refractivity (Wildman–Crippen MR) is 124 cm³/mol. The molecule has 0 fully saturated rings. The number of benzene rings is 1. The Morgan fingerprint density at radius 3 is 2.55 bits per heavy atom. The smallest absolute Gasteiger partial charge is 0.230 e. The number of hydrogen-bond donors (Lipinski definition) is 0. The first-order valence-electron chi connectivity index (χ1n) is 10.6. The number of nitrogens with zero attached hydrogens (tertiary/aromatic N) is 4. The van der Waals surface area contributed by atoms with Crippen LogP contribution in [0.4, 0.5) is 5.69 Å². The molecule has 3 atom stereocenters. The summed E-state index contributed by atoms with van der Waals surface area (Å²) in [7, 11) is 1.89. The molecule has 0 radical (unpaired) electrons. The number of carbonyl (C=O) groups excluding carboxylic acids is 2. The number of para-hydroxylation sites is 1. The van der Waals surface area contributed by atoms with Gasteiger partial charge in [0.1, 0.15) is 17.9 Å². The molecule has 0 N–H and O–H groups in total. The number of hydrogen-bond acceptors (Lipinski definition) is 5. The molecule has 6 heteroatoms. The summed E-state index contributed by atoms with van der Waals surface area (Å²) < 4.78 is 0. The van der Waals surface area contributed by atoms with Gasteiger partial charge in [-0.2, -0.15) is 5.11 Å². The van der Waals surface area contributed by atoms with E-state index in [1.54, 1.807) is 19.1 Å². The maximum atomic E-state index is 13.7. The van der Waals surface area contributed by atoms with Crippen LogP contribution < -0.4 is 4.90 Å². The minimum atomic E-state index is -0.560. The van der Waals surface area contributed by atoms with Crippen LogP contribution in [0.1, 0.15) is 45.7 Å². The second kappa shape index (κ2) is 8.61. The second-order valence-corrected chi connectivity index (χ2v) is 9.09. The summed E-state index contributed by atoms with van der Waals surface area (Å²) in [5.74, 6) is -0.256. The number of amides is 1. The summed E-state index contributed by atoms with van der Waals surface area (Å²) in [6.07, 6.45) is 4.06. The van der Waals surface area contributed by atoms with Crippen molar-refractivity contribution in [1.29, 1.82) is 0 Å². The Kier molecular flexibility index (Phi) is 6.30. The Labute approximate surface area is 185 Å². The highest BCUT2D eigenvalue weighted by atomic mass is 16.2. The van der Waals surface area contributed by atoms with E-state index in [0.717, 1.165) is 22.4 Å². The summed E-state index contributed by atoms with van der Waals surface area (Å²) in [5, 5.41) is 10.6. The van der Waals surface area contributed by atoms with E-state index >= 15 is 0 Å². The molecular formula is C25H32N4O2. The third kappa shape index (κ3) is 4.11. The van der Waals surface area contributed by atoms with Crippen molar-refractivity contribution in [1.82, 2.24) is 5.01 Å². The van der Waals surface area contributed by atoms with Crippen molar-refractivity contribution < 1.29 is 9.59 Å². The van der Waals surface area contributed by atoms with E-state index in [1.807, 2.05) is 62.0 Å². The highest BCUT2D eigenvalue weighted by molar-refractivity contribution is 5.97. The van der Waals surface area contributed by atoms with Crippen LogP contribution in [-0.2, 0) is 9.59 Å². The fourth-order valence-electron chi connectivity index (χ4n) is 4.48. The van der Waals surface area contributed by atoms with Gasteiger partial charge in [-0.15, -0.1) is 0 Å². The molecule has 3 rings (SSSR count). The molecule has 1 amide bonds. The van der Waals surface area contributed by atoms with Gasteiger partial charge in [-0.1, -0.05) is 69.5 Å². The molecule has 3 unspecified atom stereocenters. The fourth-order valence-corrected chi connectivity index (χ4v) is 4.48. The van der Waals surface area contributed by atoms with Crippen LogP contribution in [-0.4, -0.2) is 36.3 Å². The Bertz CT molecular complexity index is 975. The fraction of sp³-hybridized carbons (Fsp3) is 0.440. The molecule has 0 aliphatic carbocycles. The molecule has 0 saturated carbocycles. The lowest BCUT2D eigenvalue weighted by Gasteiger charge is -2.36. The lowest BCUT2D eigenvalue weighted by Crippen LogP contribution is -2.42. The van der Waals surface area contributed by atoms with Gasteiger partial charge in [0, 0.05) is 29.6 Å². The Hall–Kier alpha value is -3.02. The van der Waals surface area contributed by atoms with Gasteiger partial charge in [-0.3, -0.25) is 14.6 Å². The van der Waals surface area contributed by atoms with Gasteiger partial charge in [-0.05, 0) is 30.6 Å². The van der Waals surface area contributed by atoms with Crippen LogP contribution in [0.15, 0.2) is 71.1 Å². The average molecular weight is 421 g/mol. The highest BCUT2D eigenvalue weighted by Crippen LogP contribution is 2.43. The molecule has 2 heterocycles. The zero-order valence-electron chi connectivity index (χ0n) is 19.1. The normalized spacial score (nSPS) is 24.0. The van der Waals surface area contributed by atoms with Crippen LogP contribution in [0.25, 0.3) is 0 Å². The van der Waals surface area contributed by atoms with Gasteiger partial charge in [0.05, 0.1) is 6.54 Å². The lowest BCUT2D eigenvalue weighted by molar-refractivity contribution is -0.128. The van der Waals surface area contributed by atoms with Crippen LogP contribution >= 0.6 is 0 Å². The van der Waals surface area contributed by atoms with Crippen molar-refractivity contribution in [2.75, 3.05) is 18.5 Å². The van der Waals surface area contributed by atoms with Gasteiger partial charge in [0.15, 0.2) is 0 Å². The minimum Gasteiger partial charge on any atom is -0.307 e. The van der Waals surface area contributed by atoms with E-state index in [4.69, 9.17) is 0 Å². The quantitative estimate of drug-likeness (QED) is 0.646. The second-order valence-electron chi connectivity index (χ2n) is 9.09. The zero-order chi connectivity index (χ0) is 22.9. The average Bonchev–Trinajstić information content (AvgIpc) is 3.09. The molecule has 2 aliphatic rings. The maximum Gasteiger partial charge on any atom is 0.230 e. The standard InChI is InChI=1S/C25H32N4O2/c1-8-18-15-29(24(31)16(3)14-25(5,6)17(4)30)21-13-11-10-12-20(21)23-22(19(18)9-2)26-27-28(23)7/h8-13,16,22-23H,1-2,14-15H2,3-7H3/b19-18-. The summed E-state index contributed by atoms with van der Waals surface area (Å²) in [4.78, 5) is 27.6. The third-order valence-electron chi connectivity index (χ3n) is 6.51. The number of fused-ring (bicyclic) bond motifs is 3. The molecule has 0 bridgehead atoms. The minimum absolute atomic E-state index is 0.0162. The van der Waals surface area contributed by atoms with Crippen LogP contribution in [0.5, 0.6) is 0 Å². The largest absolute Gasteiger partial charge is 0.307 e. The van der Waals surface area contributed by atoms with Crippen LogP contribution in [0.2, 0.25) is 0 Å². The number of ketones is 1. The van der Waals surface area contributed by atoms with E-state index in [1.165, 1.54) is 0 Å². The molecule has 6 nitrogen and oxygen atoms in total. The molecule has 164 valence electrons. The van der Waals surface area contributed by atoms with Crippen molar-refractivity contribution in [3.8, 4) is 0 Å². The van der Waals surface area contributed by atoms with Crippen LogP contribution in [0.3, 0.4) is 0 Å². The molecule has 1 aromatic rings. The monoisotopic (exact) mass is 420 g/mol. The third-order valence-corrected chi connectivity index (χ3v) is 6.51. The molecule has 0 spiro atoms. The van der Waals surface area contributed by atoms with Crippen molar-refractivity contribution in [2.24, 2.45) is 21.7 Å². The van der Waals surface area contributed by atoms with E-state index < -0.39 is 5.41 Å². The SMILES string of the molecule is C=C/C1=C(\C=C)C2N=NN(C)C2c2ccccc2N(C(=O)C(C)CC(C)(C)C(C)=O)C1. The molecular weight excluding hydrogens is 388 g/mol. The van der Waals surface area contributed by atoms with E-state index in [9.17, 15) is 9.59 Å². The molecule has 31 heavy (non-hydrogen) atoms. The van der Waals surface area contributed by atoms with Crippen molar-refractivity contribution >= 4 is 17.4 Å². The molecule has 2 aliphatic heterocycles. The van der Waals surface area contributed by atoms with E-state index in [-0.39, 0.29) is 29.7 Å². The Morgan fingerprint density at radius 2 is 1.94 bits per heavy atom. The number of Topliss-reactive ketones (excluding diaryl/α,β-unsaturated/α-hetero) is 1. The maximum absolute atomic E-state index is 13.7. The lowest BCUT2D eigenvalue weighted by atomic mass is 9.79. The van der Waals surface area contributed by atoms with E-state index in [2.05, 4.69) is 23.5 Å². The molecule has 1 aromatic carbocycles. The topological polar surface area (TPSA) is 65.3 Å².